The summed E-state index contributed by atoms with van der Waals surface area (Å²) in [5.74, 6) is 0.988. The summed E-state index contributed by atoms with van der Waals surface area (Å²) < 4.78 is 5.96. The fourth-order valence-corrected chi connectivity index (χ4v) is 2.51. The minimum Gasteiger partial charge on any atom is -0.459 e. The van der Waals surface area contributed by atoms with Gasteiger partial charge in [0, 0.05) is 11.9 Å². The van der Waals surface area contributed by atoms with Crippen LogP contribution in [0, 0.1) is 0 Å². The Labute approximate surface area is 115 Å². The van der Waals surface area contributed by atoms with E-state index < -0.39 is 0 Å². The molecule has 104 valence electrons. The van der Waals surface area contributed by atoms with Crippen molar-refractivity contribution in [1.29, 1.82) is 0 Å². The number of likely N-dealkylation sites (N-methyl/N-ethyl adjacent to an activating group) is 1. The van der Waals surface area contributed by atoms with E-state index in [1.807, 2.05) is 18.2 Å². The van der Waals surface area contributed by atoms with Gasteiger partial charge >= 0.3 is 0 Å². The first kappa shape index (κ1) is 14.1. The van der Waals surface area contributed by atoms with Crippen molar-refractivity contribution in [1.82, 2.24) is 4.90 Å². The van der Waals surface area contributed by atoms with Gasteiger partial charge in [0.25, 0.3) is 0 Å². The van der Waals surface area contributed by atoms with Gasteiger partial charge in [0.2, 0.25) is 0 Å². The lowest BCUT2D eigenvalue weighted by molar-refractivity contribution is 0.188. The lowest BCUT2D eigenvalue weighted by atomic mass is 10.1. The van der Waals surface area contributed by atoms with Crippen LogP contribution in [-0.4, -0.2) is 24.5 Å². The second-order valence-electron chi connectivity index (χ2n) is 4.92. The molecule has 0 saturated heterocycles. The number of furan rings is 1. The van der Waals surface area contributed by atoms with Crippen molar-refractivity contribution in [3.05, 3.63) is 36.1 Å². The topological polar surface area (TPSA) is 42.4 Å². The molecule has 0 aliphatic rings. The number of rotatable bonds is 7. The Hall–Kier alpha value is -1.32. The van der Waals surface area contributed by atoms with Gasteiger partial charge in [-0.1, -0.05) is 38.5 Å². The molecule has 1 unspecified atom stereocenters. The smallest absolute Gasteiger partial charge is 0.134 e. The Balaban J connectivity index is 2.24. The maximum Gasteiger partial charge on any atom is 0.134 e. The third kappa shape index (κ3) is 3.17. The van der Waals surface area contributed by atoms with Crippen molar-refractivity contribution in [3.63, 3.8) is 0 Å². The number of benzene rings is 1. The van der Waals surface area contributed by atoms with Gasteiger partial charge in [-0.15, -0.1) is 0 Å². The monoisotopic (exact) mass is 260 g/mol. The zero-order chi connectivity index (χ0) is 13.7. The highest BCUT2D eigenvalue weighted by Crippen LogP contribution is 2.27. The van der Waals surface area contributed by atoms with Crippen LogP contribution >= 0.6 is 0 Å². The van der Waals surface area contributed by atoms with Gasteiger partial charge in [0.05, 0.1) is 6.04 Å². The molecule has 0 spiro atoms. The van der Waals surface area contributed by atoms with Crippen molar-refractivity contribution >= 4 is 11.0 Å². The number of nitrogens with two attached hydrogens (primary N) is 1. The van der Waals surface area contributed by atoms with Gasteiger partial charge in [0.15, 0.2) is 0 Å². The summed E-state index contributed by atoms with van der Waals surface area (Å²) >= 11 is 0. The van der Waals surface area contributed by atoms with Crippen molar-refractivity contribution in [2.75, 3.05) is 19.6 Å². The summed E-state index contributed by atoms with van der Waals surface area (Å²) in [6.07, 6.45) is 2.40. The highest BCUT2D eigenvalue weighted by molar-refractivity contribution is 5.77. The van der Waals surface area contributed by atoms with Gasteiger partial charge in [-0.3, -0.25) is 4.90 Å². The average molecular weight is 260 g/mol. The minimum absolute atomic E-state index is 0.184. The molecule has 1 atom stereocenters. The normalized spacial score (nSPS) is 13.3. The highest BCUT2D eigenvalue weighted by atomic mass is 16.3. The molecule has 0 amide bonds. The van der Waals surface area contributed by atoms with E-state index in [2.05, 4.69) is 30.9 Å². The Kier molecular flexibility index (Phi) is 5.00. The molecular weight excluding hydrogens is 236 g/mol. The van der Waals surface area contributed by atoms with Crippen LogP contribution in [0.1, 0.15) is 38.5 Å². The summed E-state index contributed by atoms with van der Waals surface area (Å²) in [5, 5.41) is 1.16. The molecule has 1 aromatic heterocycles. The number of para-hydroxylation sites is 1. The maximum absolute atomic E-state index is 5.97. The maximum atomic E-state index is 5.97. The van der Waals surface area contributed by atoms with Crippen LogP contribution in [0.2, 0.25) is 0 Å². The third-order valence-corrected chi connectivity index (χ3v) is 3.64. The van der Waals surface area contributed by atoms with E-state index in [-0.39, 0.29) is 6.04 Å². The van der Waals surface area contributed by atoms with Crippen LogP contribution in [0.4, 0.5) is 0 Å². The number of fused-ring (bicyclic) bond motifs is 1. The second-order valence-corrected chi connectivity index (χ2v) is 4.92. The Morgan fingerprint density at radius 2 is 2.05 bits per heavy atom. The average Bonchev–Trinajstić information content (AvgIpc) is 2.86. The van der Waals surface area contributed by atoms with Crippen molar-refractivity contribution < 1.29 is 4.42 Å². The molecule has 3 nitrogen and oxygen atoms in total. The number of unbranched alkanes of at least 4 members (excludes halogenated alkanes) is 1. The molecule has 0 fully saturated rings. The Bertz CT molecular complexity index is 473. The Morgan fingerprint density at radius 3 is 2.68 bits per heavy atom. The lowest BCUT2D eigenvalue weighted by Crippen LogP contribution is -2.34. The van der Waals surface area contributed by atoms with Crippen LogP contribution in [0.15, 0.2) is 34.7 Å². The first-order valence-corrected chi connectivity index (χ1v) is 7.22. The van der Waals surface area contributed by atoms with E-state index in [1.165, 1.54) is 12.8 Å². The second kappa shape index (κ2) is 6.73. The fraction of sp³-hybridized carbons (Fsp3) is 0.500. The number of hydrogen-bond donors (Lipinski definition) is 1. The zero-order valence-corrected chi connectivity index (χ0v) is 11.9. The molecule has 1 aromatic carbocycles. The van der Waals surface area contributed by atoms with Gasteiger partial charge in [-0.25, -0.2) is 0 Å². The van der Waals surface area contributed by atoms with Gasteiger partial charge in [-0.05, 0) is 31.6 Å². The van der Waals surface area contributed by atoms with Crippen LogP contribution in [0.5, 0.6) is 0 Å². The standard InChI is InChI=1S/C16H24N2O/c1-3-5-10-18(4-2)14(12-17)16-11-13-8-6-7-9-15(13)19-16/h6-9,11,14H,3-5,10,12,17H2,1-2H3. The molecular formula is C16H24N2O. The largest absolute Gasteiger partial charge is 0.459 e. The predicted molar refractivity (Wildman–Crippen MR) is 80.2 cm³/mol. The quantitative estimate of drug-likeness (QED) is 0.827. The van der Waals surface area contributed by atoms with Crippen molar-refractivity contribution in [3.8, 4) is 0 Å². The van der Waals surface area contributed by atoms with Crippen molar-refractivity contribution in [2.24, 2.45) is 5.73 Å². The lowest BCUT2D eigenvalue weighted by Gasteiger charge is -2.28. The van der Waals surface area contributed by atoms with E-state index in [9.17, 15) is 0 Å². The molecule has 2 N–H and O–H groups in total. The van der Waals surface area contributed by atoms with Crippen LogP contribution in [0.3, 0.4) is 0 Å². The molecule has 2 aromatic rings. The highest BCUT2D eigenvalue weighted by Gasteiger charge is 2.20. The van der Waals surface area contributed by atoms with Crippen LogP contribution < -0.4 is 5.73 Å². The van der Waals surface area contributed by atoms with Crippen molar-refractivity contribution in [2.45, 2.75) is 32.7 Å². The van der Waals surface area contributed by atoms with Gasteiger partial charge < -0.3 is 10.2 Å². The molecule has 3 heteroatoms. The van der Waals surface area contributed by atoms with Gasteiger partial charge in [0.1, 0.15) is 11.3 Å². The van der Waals surface area contributed by atoms with E-state index in [0.717, 1.165) is 29.8 Å². The first-order valence-electron chi connectivity index (χ1n) is 7.22. The molecule has 0 bridgehead atoms. The minimum atomic E-state index is 0.184. The summed E-state index contributed by atoms with van der Waals surface area (Å²) in [5.41, 5.74) is 6.92. The molecule has 0 aliphatic heterocycles. The molecule has 0 saturated carbocycles. The molecule has 0 aliphatic carbocycles. The van der Waals surface area contributed by atoms with Crippen LogP contribution in [0.25, 0.3) is 11.0 Å². The van der Waals surface area contributed by atoms with Gasteiger partial charge in [-0.2, -0.15) is 0 Å². The summed E-state index contributed by atoms with van der Waals surface area (Å²) in [7, 11) is 0. The number of hydrogen-bond acceptors (Lipinski definition) is 3. The molecule has 2 rings (SSSR count). The molecule has 0 radical (unpaired) electrons. The Morgan fingerprint density at radius 1 is 1.26 bits per heavy atom. The van der Waals surface area contributed by atoms with Crippen LogP contribution in [-0.2, 0) is 0 Å². The first-order chi connectivity index (χ1) is 9.30. The number of nitrogens with zero attached hydrogens (tertiary/aromatic N) is 1. The van der Waals surface area contributed by atoms with E-state index in [4.69, 9.17) is 10.2 Å². The van der Waals surface area contributed by atoms with E-state index >= 15 is 0 Å². The summed E-state index contributed by atoms with van der Waals surface area (Å²) in [6, 6.07) is 10.4. The fourth-order valence-electron chi connectivity index (χ4n) is 2.51. The molecule has 19 heavy (non-hydrogen) atoms. The van der Waals surface area contributed by atoms with E-state index in [1.54, 1.807) is 0 Å². The summed E-state index contributed by atoms with van der Waals surface area (Å²) in [4.78, 5) is 2.40. The predicted octanol–water partition coefficient (Wildman–Crippen LogP) is 3.55. The summed E-state index contributed by atoms with van der Waals surface area (Å²) in [6.45, 7) is 7.07. The molecule has 1 heterocycles. The SMILES string of the molecule is CCCCN(CC)C(CN)c1cc2ccccc2o1. The third-order valence-electron chi connectivity index (χ3n) is 3.64. The van der Waals surface area contributed by atoms with E-state index in [0.29, 0.717) is 6.54 Å². The zero-order valence-electron chi connectivity index (χ0n) is 11.9.